The van der Waals surface area contributed by atoms with Crippen LogP contribution in [0.2, 0.25) is 0 Å². The largest absolute Gasteiger partial charge is 0.363 e. The third-order valence-electron chi connectivity index (χ3n) is 5.80. The number of aromatic nitrogens is 4. The zero-order chi connectivity index (χ0) is 17.8. The molecule has 1 fully saturated rings. The van der Waals surface area contributed by atoms with Crippen molar-refractivity contribution in [3.05, 3.63) is 34.0 Å². The molecule has 0 radical (unpaired) electrons. The molecule has 1 atom stereocenters. The first-order valence-corrected chi connectivity index (χ1v) is 9.59. The molecule has 2 aromatic heterocycles. The third kappa shape index (κ3) is 2.48. The topological polar surface area (TPSA) is 84.7 Å². The molecule has 3 aliphatic rings. The van der Waals surface area contributed by atoms with Crippen molar-refractivity contribution < 1.29 is 4.79 Å². The normalized spacial score (nSPS) is 21.8. The fraction of sp³-hybridized carbons (Fsp3) is 0.579. The first-order valence-electron chi connectivity index (χ1n) is 9.59. The van der Waals surface area contributed by atoms with Crippen LogP contribution in [0.5, 0.6) is 0 Å². The van der Waals surface area contributed by atoms with Gasteiger partial charge < -0.3 is 10.6 Å². The highest BCUT2D eigenvalue weighted by atomic mass is 16.1. The Labute approximate surface area is 152 Å². The quantitative estimate of drug-likeness (QED) is 0.884. The number of anilines is 1. The smallest absolute Gasteiger partial charge is 0.270 e. The first kappa shape index (κ1) is 15.8. The number of hydrogen-bond donors (Lipinski definition) is 2. The first-order chi connectivity index (χ1) is 12.6. The molecular formula is C19H24N6O. The van der Waals surface area contributed by atoms with Crippen LogP contribution in [-0.2, 0) is 19.9 Å². The van der Waals surface area contributed by atoms with E-state index in [1.54, 1.807) is 0 Å². The summed E-state index contributed by atoms with van der Waals surface area (Å²) in [5.41, 5.74) is 5.23. The summed E-state index contributed by atoms with van der Waals surface area (Å²) in [6.45, 7) is 2.73. The van der Waals surface area contributed by atoms with Gasteiger partial charge in [0, 0.05) is 36.3 Å². The monoisotopic (exact) mass is 352 g/mol. The van der Waals surface area contributed by atoms with Gasteiger partial charge in [0.15, 0.2) is 0 Å². The van der Waals surface area contributed by atoms with Gasteiger partial charge in [0.05, 0.1) is 11.7 Å². The summed E-state index contributed by atoms with van der Waals surface area (Å²) in [6.07, 6.45) is 6.28. The fourth-order valence-electron chi connectivity index (χ4n) is 4.35. The minimum atomic E-state index is -0.0690. The molecule has 2 N–H and O–H groups in total. The highest BCUT2D eigenvalue weighted by Gasteiger charge is 2.33. The summed E-state index contributed by atoms with van der Waals surface area (Å²) in [5, 5.41) is 11.2. The van der Waals surface area contributed by atoms with Crippen molar-refractivity contribution in [2.45, 2.75) is 57.4 Å². The van der Waals surface area contributed by atoms with E-state index in [2.05, 4.69) is 27.6 Å². The molecule has 5 rings (SSSR count). The van der Waals surface area contributed by atoms with Crippen molar-refractivity contribution in [2.75, 3.05) is 11.9 Å². The molecule has 0 aromatic carbocycles. The zero-order valence-corrected chi connectivity index (χ0v) is 15.3. The van der Waals surface area contributed by atoms with E-state index in [1.807, 2.05) is 11.7 Å². The SMILES string of the molecule is Cc1nn(C)c2c1C(Nc1nc(C3CC3)nc3c1CCNC3=O)CCC2. The minimum Gasteiger partial charge on any atom is -0.363 e. The number of amides is 1. The molecule has 2 aromatic rings. The van der Waals surface area contributed by atoms with Crippen LogP contribution in [0.1, 0.15) is 76.5 Å². The Kier molecular flexibility index (Phi) is 3.52. The van der Waals surface area contributed by atoms with Gasteiger partial charge in [-0.1, -0.05) is 0 Å². The van der Waals surface area contributed by atoms with Gasteiger partial charge in [0.2, 0.25) is 0 Å². The lowest BCUT2D eigenvalue weighted by Crippen LogP contribution is -2.34. The third-order valence-corrected chi connectivity index (χ3v) is 5.80. The van der Waals surface area contributed by atoms with Gasteiger partial charge in [-0.15, -0.1) is 0 Å². The summed E-state index contributed by atoms with van der Waals surface area (Å²) >= 11 is 0. The number of carbonyl (C=O) groups is 1. The van der Waals surface area contributed by atoms with Gasteiger partial charge in [0.25, 0.3) is 5.91 Å². The summed E-state index contributed by atoms with van der Waals surface area (Å²) < 4.78 is 2.01. The van der Waals surface area contributed by atoms with Gasteiger partial charge in [-0.05, 0) is 45.4 Å². The molecule has 0 spiro atoms. The number of aryl methyl sites for hydroxylation is 2. The minimum absolute atomic E-state index is 0.0690. The lowest BCUT2D eigenvalue weighted by molar-refractivity contribution is 0.0940. The Balaban J connectivity index is 1.56. The van der Waals surface area contributed by atoms with Crippen LogP contribution in [0.4, 0.5) is 5.82 Å². The van der Waals surface area contributed by atoms with Crippen molar-refractivity contribution in [1.29, 1.82) is 0 Å². The van der Waals surface area contributed by atoms with E-state index >= 15 is 0 Å². The van der Waals surface area contributed by atoms with Crippen LogP contribution >= 0.6 is 0 Å². The van der Waals surface area contributed by atoms with Crippen LogP contribution in [0, 0.1) is 6.92 Å². The molecule has 1 aliphatic heterocycles. The maximum Gasteiger partial charge on any atom is 0.270 e. The number of carbonyl (C=O) groups excluding carboxylic acids is 1. The molecule has 7 nitrogen and oxygen atoms in total. The summed E-state index contributed by atoms with van der Waals surface area (Å²) in [5.74, 6) is 2.02. The van der Waals surface area contributed by atoms with E-state index < -0.39 is 0 Å². The molecule has 3 heterocycles. The predicted molar refractivity (Wildman–Crippen MR) is 97.3 cm³/mol. The summed E-state index contributed by atoms with van der Waals surface area (Å²) in [4.78, 5) is 21.8. The van der Waals surface area contributed by atoms with Crippen molar-refractivity contribution in [3.8, 4) is 0 Å². The number of nitrogens with one attached hydrogen (secondary N) is 2. The molecule has 2 aliphatic carbocycles. The van der Waals surface area contributed by atoms with E-state index in [1.165, 1.54) is 11.3 Å². The zero-order valence-electron chi connectivity index (χ0n) is 15.3. The predicted octanol–water partition coefficient (Wildman–Crippen LogP) is 2.17. The van der Waals surface area contributed by atoms with Gasteiger partial charge in [0.1, 0.15) is 17.3 Å². The molecule has 0 bridgehead atoms. The van der Waals surface area contributed by atoms with Crippen molar-refractivity contribution >= 4 is 11.7 Å². The average Bonchev–Trinajstić information content (AvgIpc) is 3.43. The number of hydrogen-bond acceptors (Lipinski definition) is 5. The van der Waals surface area contributed by atoms with Crippen LogP contribution in [-0.4, -0.2) is 32.2 Å². The van der Waals surface area contributed by atoms with E-state index in [0.717, 1.165) is 61.4 Å². The van der Waals surface area contributed by atoms with E-state index in [4.69, 9.17) is 4.98 Å². The van der Waals surface area contributed by atoms with E-state index in [9.17, 15) is 4.79 Å². The number of fused-ring (bicyclic) bond motifs is 2. The van der Waals surface area contributed by atoms with Crippen molar-refractivity contribution in [3.63, 3.8) is 0 Å². The standard InChI is InChI=1S/C19H24N6O/c1-10-15-13(4-3-5-14(15)25(2)24-10)21-18-12-8-9-20-19(26)16(12)22-17(23-18)11-6-7-11/h11,13H,3-9H2,1-2H3,(H,20,26)(H,21,22,23). The van der Waals surface area contributed by atoms with E-state index in [-0.39, 0.29) is 11.9 Å². The van der Waals surface area contributed by atoms with Gasteiger partial charge in [-0.25, -0.2) is 9.97 Å². The van der Waals surface area contributed by atoms with Gasteiger partial charge in [-0.2, -0.15) is 5.10 Å². The lowest BCUT2D eigenvalue weighted by Gasteiger charge is -2.27. The average molecular weight is 352 g/mol. The molecule has 0 saturated heterocycles. The maximum absolute atomic E-state index is 12.3. The van der Waals surface area contributed by atoms with Crippen LogP contribution in [0.3, 0.4) is 0 Å². The highest BCUT2D eigenvalue weighted by molar-refractivity contribution is 5.96. The van der Waals surface area contributed by atoms with Crippen molar-refractivity contribution in [1.82, 2.24) is 25.1 Å². The number of rotatable bonds is 3. The summed E-state index contributed by atoms with van der Waals surface area (Å²) in [6, 6.07) is 0.198. The second-order valence-electron chi connectivity index (χ2n) is 7.70. The molecule has 26 heavy (non-hydrogen) atoms. The van der Waals surface area contributed by atoms with Gasteiger partial charge in [-0.3, -0.25) is 9.48 Å². The summed E-state index contributed by atoms with van der Waals surface area (Å²) in [7, 11) is 2.02. The Morgan fingerprint density at radius 2 is 2.04 bits per heavy atom. The van der Waals surface area contributed by atoms with Gasteiger partial charge >= 0.3 is 0 Å². The number of nitrogens with zero attached hydrogens (tertiary/aromatic N) is 4. The highest BCUT2D eigenvalue weighted by Crippen LogP contribution is 2.40. The molecule has 1 amide bonds. The molecule has 1 saturated carbocycles. The Bertz CT molecular complexity index is 898. The molecule has 136 valence electrons. The van der Waals surface area contributed by atoms with Crippen molar-refractivity contribution in [2.24, 2.45) is 7.05 Å². The second-order valence-corrected chi connectivity index (χ2v) is 7.70. The molecule has 1 unspecified atom stereocenters. The Hall–Kier alpha value is -2.44. The lowest BCUT2D eigenvalue weighted by atomic mass is 9.90. The van der Waals surface area contributed by atoms with Crippen LogP contribution in [0.15, 0.2) is 0 Å². The second kappa shape index (κ2) is 5.79. The van der Waals surface area contributed by atoms with Crippen LogP contribution in [0.25, 0.3) is 0 Å². The van der Waals surface area contributed by atoms with E-state index in [0.29, 0.717) is 18.2 Å². The Morgan fingerprint density at radius 3 is 2.85 bits per heavy atom. The van der Waals surface area contributed by atoms with Crippen LogP contribution < -0.4 is 10.6 Å². The molecule has 7 heteroatoms. The molecular weight excluding hydrogens is 328 g/mol. The maximum atomic E-state index is 12.3. The Morgan fingerprint density at radius 1 is 1.19 bits per heavy atom. The fourth-order valence-corrected chi connectivity index (χ4v) is 4.35.